The first-order valence-corrected chi connectivity index (χ1v) is 11.4. The maximum Gasteiger partial charge on any atom is 0.224 e. The third-order valence-electron chi connectivity index (χ3n) is 5.96. The maximum atomic E-state index is 6.10. The quantitative estimate of drug-likeness (QED) is 0.490. The number of anilines is 2. The summed E-state index contributed by atoms with van der Waals surface area (Å²) >= 11 is 0. The fraction of sp³-hybridized carbons (Fsp3) is 0.636. The molecule has 0 spiro atoms. The van der Waals surface area contributed by atoms with Crippen molar-refractivity contribution >= 4 is 22.7 Å². The van der Waals surface area contributed by atoms with Gasteiger partial charge in [0.15, 0.2) is 11.5 Å². The van der Waals surface area contributed by atoms with Crippen LogP contribution in [-0.4, -0.2) is 93.0 Å². The lowest BCUT2D eigenvalue weighted by Crippen LogP contribution is -2.45. The third-order valence-corrected chi connectivity index (χ3v) is 5.96. The van der Waals surface area contributed by atoms with Crippen LogP contribution in [0.15, 0.2) is 12.1 Å². The molecule has 9 nitrogen and oxygen atoms in total. The van der Waals surface area contributed by atoms with Crippen molar-refractivity contribution in [2.45, 2.75) is 19.3 Å². The molecule has 2 aliphatic rings. The molecule has 0 aliphatic carbocycles. The summed E-state index contributed by atoms with van der Waals surface area (Å²) in [5.41, 5.74) is 0.831. The second kappa shape index (κ2) is 10.8. The predicted molar refractivity (Wildman–Crippen MR) is 124 cm³/mol. The molecule has 2 aromatic rings. The van der Waals surface area contributed by atoms with E-state index in [9.17, 15) is 0 Å². The van der Waals surface area contributed by atoms with Gasteiger partial charge in [0, 0.05) is 51.2 Å². The Kier molecular flexibility index (Phi) is 7.61. The number of fused-ring (bicyclic) bond motifs is 1. The molecule has 1 aromatic heterocycles. The van der Waals surface area contributed by atoms with Crippen LogP contribution in [0.2, 0.25) is 0 Å². The van der Waals surface area contributed by atoms with Gasteiger partial charge in [-0.15, -0.1) is 0 Å². The number of nitrogens with zero attached hydrogens (tertiary/aromatic N) is 4. The van der Waals surface area contributed by atoms with Gasteiger partial charge in [-0.25, -0.2) is 4.98 Å². The Hall–Kier alpha value is -2.36. The van der Waals surface area contributed by atoms with Gasteiger partial charge in [0.25, 0.3) is 0 Å². The molecule has 0 amide bonds. The van der Waals surface area contributed by atoms with Crippen molar-refractivity contribution in [3.05, 3.63) is 12.1 Å². The van der Waals surface area contributed by atoms with Crippen molar-refractivity contribution in [2.75, 3.05) is 83.9 Å². The van der Waals surface area contributed by atoms with Gasteiger partial charge in [-0.3, -0.25) is 4.90 Å². The van der Waals surface area contributed by atoms with Gasteiger partial charge in [0.2, 0.25) is 5.95 Å². The molecule has 4 rings (SSSR count). The van der Waals surface area contributed by atoms with Gasteiger partial charge in [-0.1, -0.05) is 0 Å². The van der Waals surface area contributed by atoms with E-state index in [1.54, 1.807) is 7.11 Å². The molecule has 2 fully saturated rings. The summed E-state index contributed by atoms with van der Waals surface area (Å²) < 4.78 is 11.7. The van der Waals surface area contributed by atoms with Crippen LogP contribution in [0, 0.1) is 0 Å². The topological polar surface area (TPSA) is 86.8 Å². The molecule has 31 heavy (non-hydrogen) atoms. The van der Waals surface area contributed by atoms with E-state index in [1.165, 1.54) is 25.9 Å². The van der Waals surface area contributed by atoms with Gasteiger partial charge < -0.3 is 30.3 Å². The lowest BCUT2D eigenvalue weighted by atomic mass is 10.2. The molecule has 0 bridgehead atoms. The number of benzene rings is 1. The summed E-state index contributed by atoms with van der Waals surface area (Å²) in [5.74, 6) is 2.82. The number of piperazine rings is 1. The summed E-state index contributed by atoms with van der Waals surface area (Å²) in [6.45, 7) is 8.99. The van der Waals surface area contributed by atoms with E-state index in [0.717, 1.165) is 68.3 Å². The fourth-order valence-corrected chi connectivity index (χ4v) is 4.19. The van der Waals surface area contributed by atoms with Gasteiger partial charge in [0.1, 0.15) is 5.82 Å². The molecule has 3 N–H and O–H groups in total. The molecule has 0 saturated carbocycles. The summed E-state index contributed by atoms with van der Waals surface area (Å²) in [6.07, 6.45) is 3.64. The van der Waals surface area contributed by atoms with Crippen LogP contribution in [0.5, 0.6) is 11.5 Å². The lowest BCUT2D eigenvalue weighted by molar-refractivity contribution is 0.254. The Bertz CT molecular complexity index is 851. The number of nitrogens with one attached hydrogen (secondary N) is 3. The van der Waals surface area contributed by atoms with Crippen molar-refractivity contribution < 1.29 is 9.47 Å². The smallest absolute Gasteiger partial charge is 0.224 e. The van der Waals surface area contributed by atoms with E-state index in [0.29, 0.717) is 18.3 Å². The van der Waals surface area contributed by atoms with Crippen molar-refractivity contribution in [3.63, 3.8) is 0 Å². The Balaban J connectivity index is 1.48. The second-order valence-corrected chi connectivity index (χ2v) is 8.12. The Morgan fingerprint density at radius 1 is 1.03 bits per heavy atom. The number of ether oxygens (including phenoxy) is 2. The molecule has 1 aromatic carbocycles. The molecule has 2 aliphatic heterocycles. The second-order valence-electron chi connectivity index (χ2n) is 8.12. The van der Waals surface area contributed by atoms with Crippen LogP contribution in [0.1, 0.15) is 19.3 Å². The van der Waals surface area contributed by atoms with Crippen LogP contribution >= 0.6 is 0 Å². The van der Waals surface area contributed by atoms with E-state index >= 15 is 0 Å². The van der Waals surface area contributed by atoms with Gasteiger partial charge >= 0.3 is 0 Å². The van der Waals surface area contributed by atoms with Crippen LogP contribution in [-0.2, 0) is 0 Å². The number of likely N-dealkylation sites (tertiary alicyclic amines) is 1. The standard InChI is InChI=1S/C22H35N7O2/c1-23-22-26-18-15-20(31-13-5-10-28-8-3-4-9-28)19(30-2)14-17(18)21(27-22)25-16-29-11-6-24-7-12-29/h14-15,24H,3-13,16H2,1-2H3,(H2,23,25,26,27). The van der Waals surface area contributed by atoms with Crippen molar-refractivity contribution in [2.24, 2.45) is 0 Å². The molecule has 0 unspecified atom stereocenters. The lowest BCUT2D eigenvalue weighted by Gasteiger charge is -2.27. The minimum Gasteiger partial charge on any atom is -0.493 e. The van der Waals surface area contributed by atoms with Crippen molar-refractivity contribution in [3.8, 4) is 11.5 Å². The molecule has 9 heteroatoms. The largest absolute Gasteiger partial charge is 0.493 e. The summed E-state index contributed by atoms with van der Waals surface area (Å²) in [5, 5.41) is 10.9. The summed E-state index contributed by atoms with van der Waals surface area (Å²) in [7, 11) is 3.51. The zero-order valence-electron chi connectivity index (χ0n) is 18.7. The van der Waals surface area contributed by atoms with Gasteiger partial charge in [-0.2, -0.15) is 4.98 Å². The third kappa shape index (κ3) is 5.66. The number of hydrogen-bond donors (Lipinski definition) is 3. The molecule has 2 saturated heterocycles. The zero-order chi connectivity index (χ0) is 21.5. The first-order chi connectivity index (χ1) is 15.3. The fourth-order valence-electron chi connectivity index (χ4n) is 4.19. The molecule has 0 atom stereocenters. The van der Waals surface area contributed by atoms with Gasteiger partial charge in [0.05, 0.1) is 25.9 Å². The monoisotopic (exact) mass is 429 g/mol. The number of aromatic nitrogens is 2. The van der Waals surface area contributed by atoms with E-state index in [1.807, 2.05) is 19.2 Å². The minimum absolute atomic E-state index is 0.584. The predicted octanol–water partition coefficient (Wildman–Crippen LogP) is 1.82. The van der Waals surface area contributed by atoms with Crippen molar-refractivity contribution in [1.29, 1.82) is 0 Å². The zero-order valence-corrected chi connectivity index (χ0v) is 18.7. The molecule has 0 radical (unpaired) electrons. The first-order valence-electron chi connectivity index (χ1n) is 11.4. The van der Waals surface area contributed by atoms with Crippen LogP contribution in [0.3, 0.4) is 0 Å². The Morgan fingerprint density at radius 3 is 2.58 bits per heavy atom. The average molecular weight is 430 g/mol. The van der Waals surface area contributed by atoms with Crippen LogP contribution < -0.4 is 25.4 Å². The van der Waals surface area contributed by atoms with E-state index < -0.39 is 0 Å². The highest BCUT2D eigenvalue weighted by atomic mass is 16.5. The molecule has 3 heterocycles. The maximum absolute atomic E-state index is 6.10. The minimum atomic E-state index is 0.584. The number of methoxy groups -OCH3 is 1. The van der Waals surface area contributed by atoms with Gasteiger partial charge in [-0.05, 0) is 38.4 Å². The molecular weight excluding hydrogens is 394 g/mol. The molecular formula is C22H35N7O2. The highest BCUT2D eigenvalue weighted by molar-refractivity contribution is 5.92. The summed E-state index contributed by atoms with van der Waals surface area (Å²) in [6, 6.07) is 3.94. The number of rotatable bonds is 10. The summed E-state index contributed by atoms with van der Waals surface area (Å²) in [4.78, 5) is 14.2. The van der Waals surface area contributed by atoms with Crippen LogP contribution in [0.25, 0.3) is 10.9 Å². The average Bonchev–Trinajstić information content (AvgIpc) is 3.33. The Labute approximate surface area is 184 Å². The first kappa shape index (κ1) is 21.9. The van der Waals surface area contributed by atoms with Crippen LogP contribution in [0.4, 0.5) is 11.8 Å². The highest BCUT2D eigenvalue weighted by Crippen LogP contribution is 2.35. The Morgan fingerprint density at radius 2 is 1.84 bits per heavy atom. The SMILES string of the molecule is CNc1nc(NCN2CCNCC2)c2cc(OC)c(OCCCN3CCCC3)cc2n1. The molecule has 170 valence electrons. The number of hydrogen-bond acceptors (Lipinski definition) is 9. The van der Waals surface area contributed by atoms with E-state index in [4.69, 9.17) is 9.47 Å². The van der Waals surface area contributed by atoms with Crippen molar-refractivity contribution in [1.82, 2.24) is 25.1 Å². The highest BCUT2D eigenvalue weighted by Gasteiger charge is 2.16. The normalized spacial score (nSPS) is 17.7. The van der Waals surface area contributed by atoms with E-state index in [2.05, 4.69) is 35.7 Å². The van der Waals surface area contributed by atoms with E-state index in [-0.39, 0.29) is 0 Å².